The molecule has 1 amide bonds. The van der Waals surface area contributed by atoms with Crippen molar-refractivity contribution in [3.05, 3.63) is 83.9 Å². The van der Waals surface area contributed by atoms with Gasteiger partial charge in [0.1, 0.15) is 0 Å². The SMILES string of the molecule is CC=CC(=O)N(Cc1ccccc1)Cc1ccccc1. The predicted octanol–water partition coefficient (Wildman–Crippen LogP) is 3.79. The van der Waals surface area contributed by atoms with Gasteiger partial charge in [0.05, 0.1) is 0 Å². The first kappa shape index (κ1) is 14.1. The highest BCUT2D eigenvalue weighted by atomic mass is 16.2. The number of carbonyl (C=O) groups excluding carboxylic acids is 1. The third-order valence-corrected chi connectivity index (χ3v) is 3.05. The average molecular weight is 265 g/mol. The quantitative estimate of drug-likeness (QED) is 0.753. The summed E-state index contributed by atoms with van der Waals surface area (Å²) in [5, 5.41) is 0. The van der Waals surface area contributed by atoms with Gasteiger partial charge in [0.25, 0.3) is 0 Å². The number of hydrogen-bond donors (Lipinski definition) is 0. The Morgan fingerprint density at radius 3 is 1.75 bits per heavy atom. The number of hydrogen-bond acceptors (Lipinski definition) is 1. The molecule has 2 heteroatoms. The zero-order valence-electron chi connectivity index (χ0n) is 11.7. The topological polar surface area (TPSA) is 20.3 Å². The summed E-state index contributed by atoms with van der Waals surface area (Å²) in [5.74, 6) is 0.0419. The van der Waals surface area contributed by atoms with E-state index in [9.17, 15) is 4.79 Å². The van der Waals surface area contributed by atoms with Crippen LogP contribution in [0.2, 0.25) is 0 Å². The Morgan fingerprint density at radius 1 is 0.900 bits per heavy atom. The van der Waals surface area contributed by atoms with Gasteiger partial charge in [0.2, 0.25) is 5.91 Å². The molecule has 0 saturated carbocycles. The van der Waals surface area contributed by atoms with E-state index in [2.05, 4.69) is 0 Å². The van der Waals surface area contributed by atoms with E-state index in [1.165, 1.54) is 0 Å². The largest absolute Gasteiger partial charge is 0.331 e. The van der Waals surface area contributed by atoms with Crippen LogP contribution >= 0.6 is 0 Å². The van der Waals surface area contributed by atoms with E-state index in [1.54, 1.807) is 12.2 Å². The Kier molecular flexibility index (Phi) is 5.13. The van der Waals surface area contributed by atoms with Crippen molar-refractivity contribution in [3.8, 4) is 0 Å². The highest BCUT2D eigenvalue weighted by Crippen LogP contribution is 2.10. The molecule has 0 aliphatic rings. The van der Waals surface area contributed by atoms with Crippen LogP contribution < -0.4 is 0 Å². The van der Waals surface area contributed by atoms with Gasteiger partial charge in [-0.2, -0.15) is 0 Å². The van der Waals surface area contributed by atoms with Crippen LogP contribution in [0.4, 0.5) is 0 Å². The van der Waals surface area contributed by atoms with Gasteiger partial charge in [0.15, 0.2) is 0 Å². The summed E-state index contributed by atoms with van der Waals surface area (Å²) >= 11 is 0. The molecule has 0 unspecified atom stereocenters. The van der Waals surface area contributed by atoms with Crippen LogP contribution in [0, 0.1) is 0 Å². The zero-order chi connectivity index (χ0) is 14.2. The summed E-state index contributed by atoms with van der Waals surface area (Å²) in [7, 11) is 0. The molecule has 2 rings (SSSR count). The van der Waals surface area contributed by atoms with Crippen LogP contribution in [0.3, 0.4) is 0 Å². The minimum Gasteiger partial charge on any atom is -0.331 e. The smallest absolute Gasteiger partial charge is 0.246 e. The Labute approximate surface area is 120 Å². The first-order valence-corrected chi connectivity index (χ1v) is 6.79. The molecule has 2 aromatic rings. The Balaban J connectivity index is 2.14. The maximum atomic E-state index is 12.2. The molecule has 102 valence electrons. The van der Waals surface area contributed by atoms with Crippen LogP contribution in [0.15, 0.2) is 72.8 Å². The monoisotopic (exact) mass is 265 g/mol. The summed E-state index contributed by atoms with van der Waals surface area (Å²) in [4.78, 5) is 14.0. The van der Waals surface area contributed by atoms with Crippen molar-refractivity contribution in [2.75, 3.05) is 0 Å². The fraction of sp³-hybridized carbons (Fsp3) is 0.167. The second-order valence-electron chi connectivity index (χ2n) is 4.67. The number of nitrogens with zero attached hydrogens (tertiary/aromatic N) is 1. The summed E-state index contributed by atoms with van der Waals surface area (Å²) in [6, 6.07) is 20.1. The van der Waals surface area contributed by atoms with Crippen LogP contribution in [-0.4, -0.2) is 10.8 Å². The first-order chi connectivity index (χ1) is 9.79. The van der Waals surface area contributed by atoms with E-state index in [0.717, 1.165) is 11.1 Å². The number of amides is 1. The average Bonchev–Trinajstić information content (AvgIpc) is 2.49. The van der Waals surface area contributed by atoms with Gasteiger partial charge < -0.3 is 4.90 Å². The molecule has 0 aromatic heterocycles. The van der Waals surface area contributed by atoms with Gasteiger partial charge in [-0.1, -0.05) is 66.7 Å². The van der Waals surface area contributed by atoms with Crippen molar-refractivity contribution in [1.29, 1.82) is 0 Å². The lowest BCUT2D eigenvalue weighted by atomic mass is 10.1. The van der Waals surface area contributed by atoms with Crippen LogP contribution in [0.5, 0.6) is 0 Å². The third-order valence-electron chi connectivity index (χ3n) is 3.05. The lowest BCUT2D eigenvalue weighted by molar-refractivity contribution is -0.127. The van der Waals surface area contributed by atoms with Gasteiger partial charge in [-0.25, -0.2) is 0 Å². The van der Waals surface area contributed by atoms with Crippen molar-refractivity contribution in [1.82, 2.24) is 4.90 Å². The molecule has 0 aliphatic heterocycles. The Morgan fingerprint density at radius 2 is 1.35 bits per heavy atom. The molecule has 0 fully saturated rings. The minimum atomic E-state index is 0.0419. The zero-order valence-corrected chi connectivity index (χ0v) is 11.7. The molecule has 0 aliphatic carbocycles. The van der Waals surface area contributed by atoms with Gasteiger partial charge in [0, 0.05) is 13.1 Å². The predicted molar refractivity (Wildman–Crippen MR) is 82.0 cm³/mol. The molecule has 20 heavy (non-hydrogen) atoms. The van der Waals surface area contributed by atoms with Crippen LogP contribution in [0.25, 0.3) is 0 Å². The molecule has 0 spiro atoms. The second kappa shape index (κ2) is 7.29. The van der Waals surface area contributed by atoms with E-state index in [-0.39, 0.29) is 5.91 Å². The number of rotatable bonds is 5. The second-order valence-corrected chi connectivity index (χ2v) is 4.67. The lowest BCUT2D eigenvalue weighted by Crippen LogP contribution is -2.28. The summed E-state index contributed by atoms with van der Waals surface area (Å²) in [6.07, 6.45) is 3.40. The van der Waals surface area contributed by atoms with Gasteiger partial charge >= 0.3 is 0 Å². The van der Waals surface area contributed by atoms with E-state index >= 15 is 0 Å². The van der Waals surface area contributed by atoms with Crippen molar-refractivity contribution in [2.24, 2.45) is 0 Å². The van der Waals surface area contributed by atoms with Crippen molar-refractivity contribution in [2.45, 2.75) is 20.0 Å². The van der Waals surface area contributed by atoms with E-state index in [1.807, 2.05) is 72.5 Å². The molecule has 0 heterocycles. The van der Waals surface area contributed by atoms with Gasteiger partial charge in [-0.15, -0.1) is 0 Å². The summed E-state index contributed by atoms with van der Waals surface area (Å²) in [5.41, 5.74) is 2.28. The Bertz CT molecular complexity index is 519. The van der Waals surface area contributed by atoms with Gasteiger partial charge in [-0.3, -0.25) is 4.79 Å². The molecular formula is C18H19NO. The normalized spacial score (nSPS) is 10.7. The molecule has 2 nitrogen and oxygen atoms in total. The molecule has 0 saturated heterocycles. The standard InChI is InChI=1S/C18H19NO/c1-2-9-18(20)19(14-16-10-5-3-6-11-16)15-17-12-7-4-8-13-17/h2-13H,14-15H2,1H3. The van der Waals surface area contributed by atoms with E-state index in [4.69, 9.17) is 0 Å². The van der Waals surface area contributed by atoms with Crippen LogP contribution in [0.1, 0.15) is 18.1 Å². The highest BCUT2D eigenvalue weighted by Gasteiger charge is 2.11. The molecule has 2 aromatic carbocycles. The van der Waals surface area contributed by atoms with Crippen molar-refractivity contribution < 1.29 is 4.79 Å². The highest BCUT2D eigenvalue weighted by molar-refractivity contribution is 5.87. The fourth-order valence-electron chi connectivity index (χ4n) is 2.07. The summed E-state index contributed by atoms with van der Waals surface area (Å²) in [6.45, 7) is 3.11. The molecule has 0 bridgehead atoms. The van der Waals surface area contributed by atoms with Gasteiger partial charge in [-0.05, 0) is 24.1 Å². The van der Waals surface area contributed by atoms with Crippen LogP contribution in [-0.2, 0) is 17.9 Å². The molecule has 0 atom stereocenters. The third kappa shape index (κ3) is 4.09. The maximum absolute atomic E-state index is 12.2. The lowest BCUT2D eigenvalue weighted by Gasteiger charge is -2.21. The number of benzene rings is 2. The first-order valence-electron chi connectivity index (χ1n) is 6.79. The van der Waals surface area contributed by atoms with Crippen molar-refractivity contribution >= 4 is 5.91 Å². The summed E-state index contributed by atoms with van der Waals surface area (Å²) < 4.78 is 0. The molecular weight excluding hydrogens is 246 g/mol. The minimum absolute atomic E-state index is 0.0419. The number of allylic oxidation sites excluding steroid dienone is 1. The van der Waals surface area contributed by atoms with E-state index < -0.39 is 0 Å². The van der Waals surface area contributed by atoms with E-state index in [0.29, 0.717) is 13.1 Å². The van der Waals surface area contributed by atoms with Crippen molar-refractivity contribution in [3.63, 3.8) is 0 Å². The fourth-order valence-corrected chi connectivity index (χ4v) is 2.07. The molecule has 0 radical (unpaired) electrons. The maximum Gasteiger partial charge on any atom is 0.246 e. The number of carbonyl (C=O) groups is 1. The Hall–Kier alpha value is -2.35. The molecule has 0 N–H and O–H groups in total.